The second-order valence-corrected chi connectivity index (χ2v) is 10.8. The van der Waals surface area contributed by atoms with Crippen LogP contribution in [0.4, 0.5) is 11.4 Å². The summed E-state index contributed by atoms with van der Waals surface area (Å²) >= 11 is 0. The number of fused-ring (bicyclic) bond motifs is 1. The first kappa shape index (κ1) is 29.2. The predicted octanol–water partition coefficient (Wildman–Crippen LogP) is 4.41. The van der Waals surface area contributed by atoms with Crippen LogP contribution >= 0.6 is 0 Å². The number of pyridine rings is 1. The van der Waals surface area contributed by atoms with E-state index in [1.54, 1.807) is 61.5 Å². The van der Waals surface area contributed by atoms with Gasteiger partial charge in [-0.05, 0) is 84.5 Å². The molecule has 0 spiro atoms. The Morgan fingerprint density at radius 3 is 1.95 bits per heavy atom. The zero-order valence-corrected chi connectivity index (χ0v) is 24.2. The normalized spacial score (nSPS) is 15.0. The number of nitrogens with zero attached hydrogens (tertiary/aromatic N) is 4. The lowest BCUT2D eigenvalue weighted by molar-refractivity contribution is -0.253. The second kappa shape index (κ2) is 12.8. The van der Waals surface area contributed by atoms with E-state index in [-0.39, 0.29) is 30.2 Å². The Labute approximate surface area is 253 Å². The molecule has 2 aliphatic heterocycles. The molecule has 0 saturated carbocycles. The molecule has 10 heteroatoms. The van der Waals surface area contributed by atoms with E-state index in [2.05, 4.69) is 44.0 Å². The van der Waals surface area contributed by atoms with Crippen molar-refractivity contribution in [3.63, 3.8) is 0 Å². The molecule has 2 N–H and O–H groups in total. The molecular weight excluding hydrogens is 560 g/mol. The Bertz CT molecular complexity index is 1880. The molecule has 0 radical (unpaired) electrons. The topological polar surface area (TPSA) is 117 Å². The first-order valence-electron chi connectivity index (χ1n) is 14.4. The number of carbonyl (C=O) groups is 1. The molecule has 1 saturated heterocycles. The minimum atomic E-state index is -0.362. The van der Waals surface area contributed by atoms with Gasteiger partial charge in [-0.2, -0.15) is 5.01 Å². The maximum Gasteiger partial charge on any atom is 0.282 e. The van der Waals surface area contributed by atoms with Crippen molar-refractivity contribution >= 4 is 29.4 Å². The average molecular weight is 593 g/mol. The van der Waals surface area contributed by atoms with Crippen LogP contribution in [0.2, 0.25) is 0 Å². The first-order valence-corrected chi connectivity index (χ1v) is 14.4. The summed E-state index contributed by atoms with van der Waals surface area (Å²) in [5.41, 5.74) is 5.41. The van der Waals surface area contributed by atoms with E-state index in [0.717, 1.165) is 24.2 Å². The summed E-state index contributed by atoms with van der Waals surface area (Å²) in [6.45, 7) is 3.93. The van der Waals surface area contributed by atoms with Gasteiger partial charge < -0.3 is 4.90 Å². The number of hydrogen-bond donors (Lipinski definition) is 2. The molecule has 0 bridgehead atoms. The third kappa shape index (κ3) is 5.71. The zero-order valence-electron chi connectivity index (χ0n) is 24.2. The third-order valence-electron chi connectivity index (χ3n) is 8.00. The van der Waals surface area contributed by atoms with Crippen LogP contribution in [0.3, 0.4) is 0 Å². The first-order chi connectivity index (χ1) is 21.5. The van der Waals surface area contributed by atoms with E-state index in [9.17, 15) is 9.59 Å². The van der Waals surface area contributed by atoms with E-state index < -0.39 is 0 Å². The second-order valence-electron chi connectivity index (χ2n) is 10.8. The molecule has 3 aromatic carbocycles. The van der Waals surface area contributed by atoms with Crippen LogP contribution in [0.1, 0.15) is 45.5 Å². The van der Waals surface area contributed by atoms with Gasteiger partial charge in [0.25, 0.3) is 11.5 Å². The monoisotopic (exact) mass is 592 g/mol. The molecule has 44 heavy (non-hydrogen) atoms. The molecule has 2 aliphatic rings. The minimum Gasteiger partial charge on any atom is -0.372 e. The van der Waals surface area contributed by atoms with Crippen molar-refractivity contribution < 1.29 is 25.1 Å². The van der Waals surface area contributed by atoms with Gasteiger partial charge in [-0.3, -0.25) is 24.7 Å². The molecule has 0 unspecified atom stereocenters. The third-order valence-corrected chi connectivity index (χ3v) is 8.00. The van der Waals surface area contributed by atoms with Gasteiger partial charge in [0.15, 0.2) is 5.49 Å². The summed E-state index contributed by atoms with van der Waals surface area (Å²) in [4.78, 5) is 38.7. The van der Waals surface area contributed by atoms with Crippen LogP contribution in [0.5, 0.6) is 0 Å². The maximum absolute atomic E-state index is 14.1. The number of aromatic nitrogens is 1. The van der Waals surface area contributed by atoms with Crippen LogP contribution in [0, 0.1) is 6.92 Å². The van der Waals surface area contributed by atoms with Gasteiger partial charge in [0.2, 0.25) is 0 Å². The highest BCUT2D eigenvalue weighted by Crippen LogP contribution is 2.23. The maximum atomic E-state index is 14.1. The van der Waals surface area contributed by atoms with Crippen LogP contribution in [-0.4, -0.2) is 34.1 Å². The molecule has 1 fully saturated rings. The van der Waals surface area contributed by atoms with Crippen LogP contribution in [-0.2, 0) is 23.0 Å². The molecule has 6 rings (SSSR count). The Morgan fingerprint density at radius 1 is 0.795 bits per heavy atom. The summed E-state index contributed by atoms with van der Waals surface area (Å²) in [6, 6.07) is 22.1. The van der Waals surface area contributed by atoms with Crippen molar-refractivity contribution in [1.82, 2.24) is 4.57 Å². The van der Waals surface area contributed by atoms with E-state index in [4.69, 9.17) is 10.5 Å². The molecule has 1 aromatic heterocycles. The van der Waals surface area contributed by atoms with E-state index in [1.807, 2.05) is 12.2 Å². The smallest absolute Gasteiger partial charge is 0.282 e. The summed E-state index contributed by atoms with van der Waals surface area (Å²) < 4.78 is 1.43. The molecule has 0 aliphatic carbocycles. The largest absolute Gasteiger partial charge is 0.372 e. The minimum absolute atomic E-state index is 0.00201. The number of rotatable bonds is 9. The summed E-state index contributed by atoms with van der Waals surface area (Å²) in [7, 11) is 0. The number of benzene rings is 3. The van der Waals surface area contributed by atoms with Crippen molar-refractivity contribution in [1.29, 1.82) is 0 Å². The van der Waals surface area contributed by atoms with Crippen LogP contribution < -0.4 is 26.2 Å². The number of anilines is 2. The van der Waals surface area contributed by atoms with Gasteiger partial charge in [-0.1, -0.05) is 48.6 Å². The standard InChI is InChI=1S/C34H32N4O6/c1-23-30(6-4-5-24-7-13-27(14-8-24)36-19-2-3-20-36)33(39)37(28-15-9-25(10-16-28)21-43-41)32-31(23)34(40)38(35-32)29-17-11-26(12-18-29)22-44-42/h4-18,41-42H,2-3,19-22H2,1H3/b5-4+,30-6+. The Morgan fingerprint density at radius 2 is 1.36 bits per heavy atom. The molecule has 10 nitrogen and oxygen atoms in total. The quantitative estimate of drug-likeness (QED) is 0.218. The number of hydrogen-bond acceptors (Lipinski definition) is 8. The number of amides is 1. The Hall–Kier alpha value is -4.87. The van der Waals surface area contributed by atoms with Gasteiger partial charge in [0.05, 0.1) is 16.9 Å². The summed E-state index contributed by atoms with van der Waals surface area (Å²) in [5, 5.41) is 23.9. The molecule has 3 heterocycles. The number of carbonyl (C=O) groups excluding carboxylic acids is 1. The fraction of sp³-hybridized carbons (Fsp3) is 0.206. The van der Waals surface area contributed by atoms with Crippen molar-refractivity contribution in [2.24, 2.45) is 5.10 Å². The number of allylic oxidation sites excluding steroid dienone is 1. The lowest BCUT2D eigenvalue weighted by atomic mass is 10.1. The van der Waals surface area contributed by atoms with Gasteiger partial charge in [-0.15, -0.1) is 5.10 Å². The highest BCUT2D eigenvalue weighted by Gasteiger charge is 2.30. The fourth-order valence-corrected chi connectivity index (χ4v) is 5.65. The molecule has 4 aromatic rings. The van der Waals surface area contributed by atoms with Gasteiger partial charge >= 0.3 is 0 Å². The van der Waals surface area contributed by atoms with Crippen molar-refractivity contribution in [2.45, 2.75) is 33.0 Å². The highest BCUT2D eigenvalue weighted by atomic mass is 17.1. The SMILES string of the molecule is Cc1c2c(n(-c3ccc(COO)cc3)c(=O)/c1=C/C=C/c1ccc(N3CCCC3)cc1)=NN(c1ccc(COO)cc1)C2=O. The van der Waals surface area contributed by atoms with E-state index in [1.165, 1.54) is 28.1 Å². The van der Waals surface area contributed by atoms with Crippen molar-refractivity contribution in [2.75, 3.05) is 23.0 Å². The molecule has 224 valence electrons. The highest BCUT2D eigenvalue weighted by molar-refractivity contribution is 6.08. The van der Waals surface area contributed by atoms with Crippen molar-refractivity contribution in [3.05, 3.63) is 128 Å². The van der Waals surface area contributed by atoms with Crippen LogP contribution in [0.15, 0.2) is 88.8 Å². The Balaban J connectivity index is 1.43. The van der Waals surface area contributed by atoms with Crippen LogP contribution in [0.25, 0.3) is 17.8 Å². The summed E-state index contributed by atoms with van der Waals surface area (Å²) in [6.07, 6.45) is 7.93. The summed E-state index contributed by atoms with van der Waals surface area (Å²) in [5.74, 6) is -0.362. The molecular formula is C34H32N4O6. The Kier molecular flexibility index (Phi) is 8.49. The van der Waals surface area contributed by atoms with Gasteiger partial charge in [0.1, 0.15) is 13.2 Å². The van der Waals surface area contributed by atoms with Gasteiger partial charge in [-0.25, -0.2) is 9.78 Å². The molecule has 1 amide bonds. The van der Waals surface area contributed by atoms with E-state index >= 15 is 0 Å². The lowest BCUT2D eigenvalue weighted by Crippen LogP contribution is -2.45. The van der Waals surface area contributed by atoms with Crippen molar-refractivity contribution in [3.8, 4) is 5.69 Å². The fourth-order valence-electron chi connectivity index (χ4n) is 5.65. The zero-order chi connectivity index (χ0) is 30.6. The van der Waals surface area contributed by atoms with E-state index in [0.29, 0.717) is 33.3 Å². The molecule has 0 atom stereocenters. The average Bonchev–Trinajstić information content (AvgIpc) is 3.70. The lowest BCUT2D eigenvalue weighted by Gasteiger charge is -2.17. The predicted molar refractivity (Wildman–Crippen MR) is 167 cm³/mol. The van der Waals surface area contributed by atoms with Gasteiger partial charge in [0, 0.05) is 24.0 Å².